The summed E-state index contributed by atoms with van der Waals surface area (Å²) in [6.07, 6.45) is 0.148. The molecule has 0 aromatic heterocycles. The molecule has 1 atom stereocenters. The predicted octanol–water partition coefficient (Wildman–Crippen LogP) is 5.56. The van der Waals surface area contributed by atoms with E-state index in [2.05, 4.69) is 21.2 Å². The third-order valence-electron chi connectivity index (χ3n) is 6.63. The molecule has 4 aromatic rings. The first-order valence-corrected chi connectivity index (χ1v) is 15.6. The lowest BCUT2D eigenvalue weighted by atomic mass is 10.0. The summed E-state index contributed by atoms with van der Waals surface area (Å²) in [6, 6.07) is 28.6. The number of sulfonamides is 1. The maximum Gasteiger partial charge on any atom is 0.264 e. The van der Waals surface area contributed by atoms with E-state index in [1.54, 1.807) is 61.5 Å². The molecule has 1 N–H and O–H groups in total. The average molecular weight is 653 g/mol. The molecule has 0 saturated heterocycles. The number of benzene rings is 4. The van der Waals surface area contributed by atoms with Gasteiger partial charge in [-0.25, -0.2) is 12.8 Å². The van der Waals surface area contributed by atoms with Crippen molar-refractivity contribution in [2.24, 2.45) is 0 Å². The van der Waals surface area contributed by atoms with Gasteiger partial charge in [-0.3, -0.25) is 13.9 Å². The Morgan fingerprint density at radius 1 is 0.881 bits per heavy atom. The number of hydrogen-bond donors (Lipinski definition) is 1. The Hall–Kier alpha value is -4.02. The molecule has 0 bridgehead atoms. The lowest BCUT2D eigenvalue weighted by Crippen LogP contribution is -2.53. The van der Waals surface area contributed by atoms with Gasteiger partial charge in [0.25, 0.3) is 10.0 Å². The molecule has 0 heterocycles. The normalized spacial score (nSPS) is 11.9. The molecular formula is C32H31BrFN3O4S. The van der Waals surface area contributed by atoms with Gasteiger partial charge in [0, 0.05) is 29.5 Å². The van der Waals surface area contributed by atoms with Crippen molar-refractivity contribution >= 4 is 43.5 Å². The fraction of sp³-hybridized carbons (Fsp3) is 0.188. The van der Waals surface area contributed by atoms with Gasteiger partial charge in [-0.05, 0) is 48.9 Å². The summed E-state index contributed by atoms with van der Waals surface area (Å²) in [5, 5.41) is 2.79. The van der Waals surface area contributed by atoms with E-state index in [0.717, 1.165) is 9.87 Å². The van der Waals surface area contributed by atoms with Crippen molar-refractivity contribution < 1.29 is 22.4 Å². The van der Waals surface area contributed by atoms with Crippen LogP contribution in [-0.4, -0.2) is 44.3 Å². The number of halogens is 2. The number of carbonyl (C=O) groups is 2. The van der Waals surface area contributed by atoms with Gasteiger partial charge in [-0.2, -0.15) is 0 Å². The minimum Gasteiger partial charge on any atom is -0.355 e. The summed E-state index contributed by atoms with van der Waals surface area (Å²) >= 11 is 3.39. The number of hydrogen-bond acceptors (Lipinski definition) is 4. The lowest BCUT2D eigenvalue weighted by Gasteiger charge is -2.34. The second kappa shape index (κ2) is 14.2. The minimum absolute atomic E-state index is 0.00277. The summed E-state index contributed by atoms with van der Waals surface area (Å²) in [5.74, 6) is -1.62. The van der Waals surface area contributed by atoms with Gasteiger partial charge in [0.1, 0.15) is 18.4 Å². The van der Waals surface area contributed by atoms with E-state index in [9.17, 15) is 22.4 Å². The molecular weight excluding hydrogens is 621 g/mol. The van der Waals surface area contributed by atoms with Crippen LogP contribution in [0, 0.1) is 5.82 Å². The van der Waals surface area contributed by atoms with Gasteiger partial charge in [-0.1, -0.05) is 88.7 Å². The number of rotatable bonds is 12. The Kier molecular flexibility index (Phi) is 10.5. The fourth-order valence-corrected chi connectivity index (χ4v) is 6.35. The quantitative estimate of drug-likeness (QED) is 0.217. The maximum atomic E-state index is 14.9. The van der Waals surface area contributed by atoms with Crippen LogP contribution in [0.5, 0.6) is 0 Å². The number of nitrogens with zero attached hydrogens (tertiary/aromatic N) is 2. The molecule has 4 aromatic carbocycles. The maximum absolute atomic E-state index is 14.9. The topological polar surface area (TPSA) is 86.8 Å². The van der Waals surface area contributed by atoms with Gasteiger partial charge in [0.2, 0.25) is 11.8 Å². The van der Waals surface area contributed by atoms with Crippen molar-refractivity contribution in [3.63, 3.8) is 0 Å². The molecule has 0 unspecified atom stereocenters. The molecule has 0 aliphatic heterocycles. The molecule has 42 heavy (non-hydrogen) atoms. The van der Waals surface area contributed by atoms with E-state index < -0.39 is 40.2 Å². The van der Waals surface area contributed by atoms with Crippen LogP contribution in [0.1, 0.15) is 18.1 Å². The second-order valence-electron chi connectivity index (χ2n) is 9.52. The van der Waals surface area contributed by atoms with E-state index in [1.807, 2.05) is 30.3 Å². The van der Waals surface area contributed by atoms with Crippen molar-refractivity contribution in [1.29, 1.82) is 0 Å². The Morgan fingerprint density at radius 3 is 2.17 bits per heavy atom. The Morgan fingerprint density at radius 2 is 1.52 bits per heavy atom. The van der Waals surface area contributed by atoms with E-state index in [4.69, 9.17) is 0 Å². The van der Waals surface area contributed by atoms with Crippen LogP contribution < -0.4 is 9.62 Å². The highest BCUT2D eigenvalue weighted by atomic mass is 79.9. The number of nitrogens with one attached hydrogen (secondary N) is 1. The monoisotopic (exact) mass is 651 g/mol. The van der Waals surface area contributed by atoms with Crippen molar-refractivity contribution in [3.8, 4) is 0 Å². The second-order valence-corrected chi connectivity index (χ2v) is 12.3. The van der Waals surface area contributed by atoms with Crippen molar-refractivity contribution in [3.05, 3.63) is 131 Å². The van der Waals surface area contributed by atoms with Gasteiger partial charge >= 0.3 is 0 Å². The van der Waals surface area contributed by atoms with Crippen molar-refractivity contribution in [2.45, 2.75) is 30.8 Å². The van der Waals surface area contributed by atoms with Crippen LogP contribution in [0.25, 0.3) is 0 Å². The van der Waals surface area contributed by atoms with Crippen molar-refractivity contribution in [1.82, 2.24) is 10.2 Å². The number of anilines is 1. The van der Waals surface area contributed by atoms with Gasteiger partial charge in [0.05, 0.1) is 10.6 Å². The van der Waals surface area contributed by atoms with Gasteiger partial charge in [-0.15, -0.1) is 0 Å². The number of likely N-dealkylation sites (N-methyl/N-ethyl adjacent to an activating group) is 1. The lowest BCUT2D eigenvalue weighted by molar-refractivity contribution is -0.140. The average Bonchev–Trinajstić information content (AvgIpc) is 2.99. The third-order valence-corrected chi connectivity index (χ3v) is 8.91. The van der Waals surface area contributed by atoms with Crippen LogP contribution in [0.2, 0.25) is 0 Å². The first-order valence-electron chi connectivity index (χ1n) is 13.4. The summed E-state index contributed by atoms with van der Waals surface area (Å²) in [7, 11) is -4.21. The molecule has 2 amide bonds. The molecule has 0 aliphatic carbocycles. The first kappa shape index (κ1) is 30.9. The Balaban J connectivity index is 1.80. The standard InChI is InChI=1S/C32H31BrFN3O4S/c1-2-35-32(39)30(20-24-12-5-3-6-13-24)36(22-25-14-9-10-19-29(25)34)31(38)23-37(27-16-11-15-26(33)21-27)42(40,41)28-17-7-4-8-18-28/h3-19,21,30H,2,20,22-23H2,1H3,(H,35,39)/t30-/m0/s1. The highest BCUT2D eigenvalue weighted by Gasteiger charge is 2.34. The van der Waals surface area contributed by atoms with Crippen LogP contribution in [0.3, 0.4) is 0 Å². The summed E-state index contributed by atoms with van der Waals surface area (Å²) in [4.78, 5) is 29.0. The highest BCUT2D eigenvalue weighted by Crippen LogP contribution is 2.27. The van der Waals surface area contributed by atoms with E-state index >= 15 is 0 Å². The highest BCUT2D eigenvalue weighted by molar-refractivity contribution is 9.10. The predicted molar refractivity (Wildman–Crippen MR) is 165 cm³/mol. The molecule has 10 heteroatoms. The third kappa shape index (κ3) is 7.63. The smallest absolute Gasteiger partial charge is 0.264 e. The zero-order valence-corrected chi connectivity index (χ0v) is 25.4. The van der Waals surface area contributed by atoms with Crippen LogP contribution in [0.4, 0.5) is 10.1 Å². The molecule has 0 fully saturated rings. The van der Waals surface area contributed by atoms with E-state index in [1.165, 1.54) is 29.2 Å². The minimum atomic E-state index is -4.21. The molecule has 7 nitrogen and oxygen atoms in total. The summed E-state index contributed by atoms with van der Waals surface area (Å²) in [6.45, 7) is 1.23. The van der Waals surface area contributed by atoms with Crippen LogP contribution in [0.15, 0.2) is 119 Å². The van der Waals surface area contributed by atoms with Crippen LogP contribution in [-0.2, 0) is 32.6 Å². The van der Waals surface area contributed by atoms with Crippen molar-refractivity contribution in [2.75, 3.05) is 17.4 Å². The Bertz CT molecular complexity index is 1620. The SMILES string of the molecule is CCNC(=O)[C@H](Cc1ccccc1)N(Cc1ccccc1F)C(=O)CN(c1cccc(Br)c1)S(=O)(=O)c1ccccc1. The van der Waals surface area contributed by atoms with Gasteiger partial charge in [0.15, 0.2) is 0 Å². The molecule has 0 radical (unpaired) electrons. The number of carbonyl (C=O) groups excluding carboxylic acids is 2. The molecule has 0 aliphatic rings. The molecule has 218 valence electrons. The fourth-order valence-electron chi connectivity index (χ4n) is 4.54. The Labute approximate surface area is 254 Å². The van der Waals surface area contributed by atoms with E-state index in [-0.39, 0.29) is 29.1 Å². The summed E-state index contributed by atoms with van der Waals surface area (Å²) in [5.41, 5.74) is 1.25. The van der Waals surface area contributed by atoms with E-state index in [0.29, 0.717) is 11.0 Å². The molecule has 4 rings (SSSR count). The number of amides is 2. The largest absolute Gasteiger partial charge is 0.355 e. The summed E-state index contributed by atoms with van der Waals surface area (Å²) < 4.78 is 44.3. The van der Waals surface area contributed by atoms with Crippen LogP contribution >= 0.6 is 15.9 Å². The van der Waals surface area contributed by atoms with Gasteiger partial charge < -0.3 is 10.2 Å². The first-order chi connectivity index (χ1) is 20.2. The zero-order valence-electron chi connectivity index (χ0n) is 23.0. The molecule has 0 saturated carbocycles. The molecule has 0 spiro atoms. The zero-order chi connectivity index (χ0) is 30.1.